The van der Waals surface area contributed by atoms with E-state index in [1.807, 2.05) is 30.3 Å². The monoisotopic (exact) mass is 338 g/mol. The second-order valence-corrected chi connectivity index (χ2v) is 6.39. The van der Waals surface area contributed by atoms with Crippen LogP contribution in [-0.2, 0) is 35.1 Å². The van der Waals surface area contributed by atoms with Gasteiger partial charge in [-0.05, 0) is 26.3 Å². The van der Waals surface area contributed by atoms with Gasteiger partial charge in [0.25, 0.3) is 0 Å². The normalized spacial score (nSPS) is 12.5. The molecule has 1 atom stereocenters. The van der Waals surface area contributed by atoms with Crippen LogP contribution in [0.5, 0.6) is 0 Å². The first kappa shape index (κ1) is 20.1. The van der Waals surface area contributed by atoms with Crippen LogP contribution < -0.4 is 0 Å². The van der Waals surface area contributed by atoms with E-state index in [0.717, 1.165) is 5.56 Å². The summed E-state index contributed by atoms with van der Waals surface area (Å²) >= 11 is 0. The summed E-state index contributed by atoms with van der Waals surface area (Å²) in [6.07, 6.45) is -0.514. The molecular weight excluding hydrogens is 312 g/mol. The third-order valence-corrected chi connectivity index (χ3v) is 2.99. The third kappa shape index (κ3) is 8.64. The Balaban J connectivity index is 2.44. The molecule has 0 bridgehead atoms. The van der Waals surface area contributed by atoms with Crippen molar-refractivity contribution in [3.05, 3.63) is 35.9 Å². The summed E-state index contributed by atoms with van der Waals surface area (Å²) in [7, 11) is 0. The highest BCUT2D eigenvalue weighted by Crippen LogP contribution is 2.15. The molecule has 6 nitrogen and oxygen atoms in total. The van der Waals surface area contributed by atoms with Gasteiger partial charge in [-0.3, -0.25) is 9.59 Å². The molecule has 0 saturated carbocycles. The number of hydrogen-bond donors (Lipinski definition) is 0. The van der Waals surface area contributed by atoms with Crippen LogP contribution in [-0.4, -0.2) is 38.0 Å². The Morgan fingerprint density at radius 2 is 1.71 bits per heavy atom. The van der Waals surface area contributed by atoms with Gasteiger partial charge >= 0.3 is 11.9 Å². The zero-order valence-corrected chi connectivity index (χ0v) is 14.7. The standard InChI is InChI=1S/C18H26O6/c1-14(19)23-13-24-16(12-22-17(20)18(2,3)4)11-21-10-15-8-6-5-7-9-15/h5-9,16H,10-13H2,1-4H3. The van der Waals surface area contributed by atoms with Crippen molar-refractivity contribution in [3.8, 4) is 0 Å². The zero-order valence-electron chi connectivity index (χ0n) is 14.7. The van der Waals surface area contributed by atoms with Crippen LogP contribution in [0.4, 0.5) is 0 Å². The van der Waals surface area contributed by atoms with Crippen molar-refractivity contribution in [3.63, 3.8) is 0 Å². The molecule has 0 aliphatic carbocycles. The van der Waals surface area contributed by atoms with E-state index in [-0.39, 0.29) is 26.0 Å². The van der Waals surface area contributed by atoms with Crippen LogP contribution in [0, 0.1) is 5.41 Å². The Hall–Kier alpha value is -1.92. The predicted molar refractivity (Wildman–Crippen MR) is 88.0 cm³/mol. The van der Waals surface area contributed by atoms with E-state index in [9.17, 15) is 9.59 Å². The van der Waals surface area contributed by atoms with Gasteiger partial charge in [-0.2, -0.15) is 0 Å². The second-order valence-electron chi connectivity index (χ2n) is 6.39. The maximum Gasteiger partial charge on any atom is 0.311 e. The number of ether oxygens (including phenoxy) is 4. The highest BCUT2D eigenvalue weighted by Gasteiger charge is 2.24. The Morgan fingerprint density at radius 1 is 1.04 bits per heavy atom. The van der Waals surface area contributed by atoms with Crippen molar-refractivity contribution in [2.75, 3.05) is 20.0 Å². The average Bonchev–Trinajstić information content (AvgIpc) is 2.51. The van der Waals surface area contributed by atoms with Crippen LogP contribution in [0.3, 0.4) is 0 Å². The third-order valence-electron chi connectivity index (χ3n) is 2.99. The van der Waals surface area contributed by atoms with Gasteiger partial charge in [0, 0.05) is 6.92 Å². The van der Waals surface area contributed by atoms with E-state index < -0.39 is 17.5 Å². The van der Waals surface area contributed by atoms with Crippen molar-refractivity contribution in [2.45, 2.75) is 40.4 Å². The van der Waals surface area contributed by atoms with Crippen molar-refractivity contribution in [2.24, 2.45) is 5.41 Å². The highest BCUT2D eigenvalue weighted by atomic mass is 16.7. The van der Waals surface area contributed by atoms with Crippen LogP contribution in [0.1, 0.15) is 33.3 Å². The molecule has 24 heavy (non-hydrogen) atoms. The molecule has 6 heteroatoms. The van der Waals surface area contributed by atoms with Gasteiger partial charge in [-0.25, -0.2) is 0 Å². The first-order valence-electron chi connectivity index (χ1n) is 7.83. The van der Waals surface area contributed by atoms with E-state index >= 15 is 0 Å². The van der Waals surface area contributed by atoms with Gasteiger partial charge in [-0.15, -0.1) is 0 Å². The molecule has 1 unspecified atom stereocenters. The van der Waals surface area contributed by atoms with Gasteiger partial charge in [0.15, 0.2) is 6.79 Å². The Labute approximate surface area is 143 Å². The molecule has 1 rings (SSSR count). The molecule has 0 fully saturated rings. The number of esters is 2. The van der Waals surface area contributed by atoms with Gasteiger partial charge in [0.2, 0.25) is 0 Å². The molecule has 0 radical (unpaired) electrons. The van der Waals surface area contributed by atoms with Gasteiger partial charge in [-0.1, -0.05) is 30.3 Å². The zero-order chi connectivity index (χ0) is 18.0. The van der Waals surface area contributed by atoms with E-state index in [1.165, 1.54) is 6.92 Å². The lowest BCUT2D eigenvalue weighted by Gasteiger charge is -2.21. The van der Waals surface area contributed by atoms with Crippen LogP contribution in [0.15, 0.2) is 30.3 Å². The van der Waals surface area contributed by atoms with Crippen molar-refractivity contribution >= 4 is 11.9 Å². The van der Waals surface area contributed by atoms with Crippen molar-refractivity contribution < 1.29 is 28.5 Å². The minimum atomic E-state index is -0.592. The lowest BCUT2D eigenvalue weighted by Crippen LogP contribution is -2.32. The van der Waals surface area contributed by atoms with Gasteiger partial charge in [0.1, 0.15) is 12.7 Å². The highest BCUT2D eigenvalue weighted by molar-refractivity contribution is 5.75. The van der Waals surface area contributed by atoms with Crippen LogP contribution >= 0.6 is 0 Å². The largest absolute Gasteiger partial charge is 0.462 e. The number of rotatable bonds is 9. The van der Waals surface area contributed by atoms with Crippen molar-refractivity contribution in [1.82, 2.24) is 0 Å². The minimum absolute atomic E-state index is 0.0339. The second kappa shape index (κ2) is 10.1. The molecule has 0 aromatic heterocycles. The predicted octanol–water partition coefficient (Wildman–Crippen LogP) is 2.70. The number of carbonyl (C=O) groups excluding carboxylic acids is 2. The summed E-state index contributed by atoms with van der Waals surface area (Å²) in [5.74, 6) is -0.766. The lowest BCUT2D eigenvalue weighted by molar-refractivity contribution is -0.174. The summed E-state index contributed by atoms with van der Waals surface area (Å²) in [5.41, 5.74) is 0.439. The fraction of sp³-hybridized carbons (Fsp3) is 0.556. The van der Waals surface area contributed by atoms with Crippen LogP contribution in [0.2, 0.25) is 0 Å². The van der Waals surface area contributed by atoms with Gasteiger partial charge < -0.3 is 18.9 Å². The maximum absolute atomic E-state index is 11.8. The molecule has 0 spiro atoms. The number of benzene rings is 1. The maximum atomic E-state index is 11.8. The molecule has 134 valence electrons. The molecular formula is C18H26O6. The van der Waals surface area contributed by atoms with E-state index in [0.29, 0.717) is 6.61 Å². The van der Waals surface area contributed by atoms with E-state index in [2.05, 4.69) is 0 Å². The summed E-state index contributed by atoms with van der Waals surface area (Å²) in [6.45, 7) is 7.08. The number of carbonyl (C=O) groups is 2. The fourth-order valence-corrected chi connectivity index (χ4v) is 1.63. The first-order valence-corrected chi connectivity index (χ1v) is 7.83. The smallest absolute Gasteiger partial charge is 0.311 e. The molecule has 0 aliphatic rings. The van der Waals surface area contributed by atoms with E-state index in [1.54, 1.807) is 20.8 Å². The molecule has 1 aromatic carbocycles. The minimum Gasteiger partial charge on any atom is -0.462 e. The molecule has 1 aromatic rings. The Kier molecular flexibility index (Phi) is 8.43. The number of hydrogen-bond acceptors (Lipinski definition) is 6. The van der Waals surface area contributed by atoms with Crippen LogP contribution in [0.25, 0.3) is 0 Å². The lowest BCUT2D eigenvalue weighted by atomic mass is 9.97. The first-order chi connectivity index (χ1) is 11.3. The summed E-state index contributed by atoms with van der Waals surface area (Å²) in [5, 5.41) is 0. The summed E-state index contributed by atoms with van der Waals surface area (Å²) in [4.78, 5) is 22.6. The quantitative estimate of drug-likeness (QED) is 0.509. The average molecular weight is 338 g/mol. The summed E-state index contributed by atoms with van der Waals surface area (Å²) < 4.78 is 21.0. The summed E-state index contributed by atoms with van der Waals surface area (Å²) in [6, 6.07) is 9.69. The van der Waals surface area contributed by atoms with Crippen molar-refractivity contribution in [1.29, 1.82) is 0 Å². The molecule has 0 saturated heterocycles. The molecule has 0 amide bonds. The topological polar surface area (TPSA) is 71.1 Å². The Morgan fingerprint density at radius 3 is 2.29 bits per heavy atom. The van der Waals surface area contributed by atoms with E-state index in [4.69, 9.17) is 18.9 Å². The molecule has 0 heterocycles. The molecule has 0 N–H and O–H groups in total. The SMILES string of the molecule is CC(=O)OCOC(COCc1ccccc1)COC(=O)C(C)(C)C. The molecule has 0 aliphatic heterocycles. The fourth-order valence-electron chi connectivity index (χ4n) is 1.63. The Bertz CT molecular complexity index is 506. The van der Waals surface area contributed by atoms with Gasteiger partial charge in [0.05, 0.1) is 18.6 Å².